The van der Waals surface area contributed by atoms with Crippen molar-refractivity contribution in [3.05, 3.63) is 561 Å². The summed E-state index contributed by atoms with van der Waals surface area (Å²) in [6.45, 7) is 0. The zero-order chi connectivity index (χ0) is 90.0. The van der Waals surface area contributed by atoms with Crippen molar-refractivity contribution in [1.82, 2.24) is 0 Å². The topological polar surface area (TPSA) is 73.8 Å². The fourth-order valence-electron chi connectivity index (χ4n) is 19.6. The zero-order valence-corrected chi connectivity index (χ0v) is 79.8. The average molecular weight is 1800 g/mol. The van der Waals surface area contributed by atoms with E-state index in [1.807, 2.05) is 0 Å². The monoisotopic (exact) mass is 1790 g/mol. The molecule has 0 unspecified atom stereocenters. The molecule has 0 atom stereocenters. The third-order valence-electron chi connectivity index (χ3n) is 25.4. The first kappa shape index (κ1) is 90.0. The Labute approximate surface area is 784 Å². The summed E-state index contributed by atoms with van der Waals surface area (Å²) in [5, 5.41) is 0. The van der Waals surface area contributed by atoms with E-state index >= 15 is 0 Å². The quantitative estimate of drug-likeness (QED) is 0.0277. The molecule has 0 radical (unpaired) electrons. The molecule has 0 heterocycles. The van der Waals surface area contributed by atoms with Gasteiger partial charge in [0.25, 0.3) is 33.3 Å². The Balaban J connectivity index is 0.822. The van der Waals surface area contributed by atoms with Crippen molar-refractivity contribution in [3.8, 4) is 46.0 Å². The molecule has 0 amide bonds. The van der Waals surface area contributed by atoms with E-state index < -0.39 is 45.1 Å². The highest BCUT2D eigenvalue weighted by Crippen LogP contribution is 2.47. The van der Waals surface area contributed by atoms with Gasteiger partial charge < -0.3 is 36.7 Å². The smallest absolute Gasteiger partial charge is 0.264 e. The number of benzene rings is 17. The zero-order valence-electron chi connectivity index (χ0n) is 75.8. The number of hydrogen-bond donors (Lipinski definition) is 0. The molecule has 17 aromatic carbocycles. The minimum atomic E-state index is -2.93. The van der Waals surface area contributed by atoms with Gasteiger partial charge in [-0.1, -0.05) is 413 Å². The molecule has 12 heteroatoms. The molecule has 0 spiro atoms. The summed E-state index contributed by atoms with van der Waals surface area (Å²) < 4.78 is 58.5. The third kappa shape index (κ3) is 23.4. The maximum atomic E-state index is 7.93. The maximum Gasteiger partial charge on any atom is 0.264 e. The largest absolute Gasteiger partial charge is 0.540 e. The van der Waals surface area contributed by atoms with Crippen molar-refractivity contribution in [2.24, 2.45) is 0 Å². The molecule has 0 aliphatic rings. The Morgan fingerprint density at radius 2 is 0.265 bits per heavy atom. The van der Waals surface area contributed by atoms with Gasteiger partial charge in [0.05, 0.1) is 28.4 Å². The van der Waals surface area contributed by atoms with Crippen LogP contribution >= 0.6 is 0 Å². The summed E-state index contributed by atoms with van der Waals surface area (Å²) in [4.78, 5) is 0. The van der Waals surface area contributed by atoms with Crippen LogP contribution in [-0.2, 0) is 72.5 Å². The lowest BCUT2D eigenvalue weighted by Gasteiger charge is -2.34. The summed E-state index contributed by atoms with van der Waals surface area (Å²) in [5.74, 6) is 4.63. The Morgan fingerprint density at radius 3 is 0.386 bits per heavy atom. The van der Waals surface area contributed by atoms with E-state index in [0.29, 0.717) is 46.0 Å². The summed E-state index contributed by atoms with van der Waals surface area (Å²) in [7, 11) is -4.62. The number of methoxy groups -OCH3 is 4. The van der Waals surface area contributed by atoms with Crippen LogP contribution in [-0.4, -0.2) is 61.7 Å². The van der Waals surface area contributed by atoms with Gasteiger partial charge in [0, 0.05) is 84.4 Å². The second-order valence-corrected chi connectivity index (χ2v) is 49.8. The van der Waals surface area contributed by atoms with Crippen molar-refractivity contribution < 1.29 is 36.7 Å². The van der Waals surface area contributed by atoms with Crippen LogP contribution in [0.15, 0.2) is 461 Å². The van der Waals surface area contributed by atoms with Gasteiger partial charge in [-0.3, -0.25) is 0 Å². The van der Waals surface area contributed by atoms with Crippen LogP contribution in [0.5, 0.6) is 46.0 Å². The summed E-state index contributed by atoms with van der Waals surface area (Å²) in [5.41, 5.74) is 20.9. The van der Waals surface area contributed by atoms with Crippen LogP contribution in [0.1, 0.15) is 112 Å². The first-order chi connectivity index (χ1) is 64.9. The van der Waals surface area contributed by atoms with Gasteiger partial charge in [-0.2, -0.15) is 0 Å². The molecule has 17 rings (SSSR count). The van der Waals surface area contributed by atoms with Gasteiger partial charge >= 0.3 is 0 Å². The van der Waals surface area contributed by atoms with E-state index in [4.69, 9.17) is 36.7 Å². The second kappa shape index (κ2) is 43.6. The minimum absolute atomic E-state index is 0.393. The molecule has 0 saturated heterocycles. The average Bonchev–Trinajstić information content (AvgIpc) is 0.768. The van der Waals surface area contributed by atoms with Gasteiger partial charge in [-0.05, 0) is 149 Å². The lowest BCUT2D eigenvalue weighted by atomic mass is 9.81. The fourth-order valence-corrected chi connectivity index (χ4v) is 36.2. The van der Waals surface area contributed by atoms with Crippen LogP contribution < -0.4 is 36.7 Å². The molecule has 0 saturated carbocycles. The lowest BCUT2D eigenvalue weighted by molar-refractivity contribution is 0.387. The highest BCUT2D eigenvalue weighted by molar-refractivity contribution is 6.74. The molecule has 0 aliphatic heterocycles. The number of ether oxygens (including phenoxy) is 4. The van der Waals surface area contributed by atoms with Gasteiger partial charge in [0.15, 0.2) is 23.0 Å². The van der Waals surface area contributed by atoms with Crippen LogP contribution in [0.25, 0.3) is 0 Å². The maximum absolute atomic E-state index is 7.93. The van der Waals surface area contributed by atoms with E-state index in [1.165, 1.54) is 66.8 Å². The van der Waals surface area contributed by atoms with Gasteiger partial charge in [-0.15, -0.1) is 0 Å². The lowest BCUT2D eigenvalue weighted by Crippen LogP contribution is -2.50. The highest BCUT2D eigenvalue weighted by atomic mass is 28.4. The Kier molecular flexibility index (Phi) is 29.7. The van der Waals surface area contributed by atoms with Crippen molar-refractivity contribution in [3.63, 3.8) is 0 Å². The summed E-state index contributed by atoms with van der Waals surface area (Å²) in [6, 6.07) is 175. The summed E-state index contributed by atoms with van der Waals surface area (Å²) >= 11 is 0. The fraction of sp³-hybridized carbons (Fsp3) is 0.150. The molecule has 0 bridgehead atoms. The summed E-state index contributed by atoms with van der Waals surface area (Å²) in [6.07, 6.45) is 0. The molecule has 132 heavy (non-hydrogen) atoms. The van der Waals surface area contributed by atoms with Crippen molar-refractivity contribution in [2.75, 3.05) is 28.4 Å². The molecule has 0 fully saturated rings. The van der Waals surface area contributed by atoms with Crippen molar-refractivity contribution in [1.29, 1.82) is 0 Å². The standard InChI is InChI=1S/C120H114O8Si4/c1-121-115-77-107(69-73-111(115)125-129(81-93-41-17-5-18-42-93,82-94-43-19-6-20-44-94)83-95-45-21-7-22-46-95)119(108-70-74-112(116(78-108)122-2)126-130(84-96-47-23-8-24-48-96,85-97-49-25-9-26-50-97)86-98-51-27-10-28-52-98)105-65-67-106(68-66-105)120(109-71-75-113(117(79-109)123-3)127-131(87-99-53-29-11-30-54-99,88-100-55-31-12-32-56-100)89-101-57-33-13-34-58-101)110-72-76-114(118(80-110)124-4)128-132(90-102-59-35-14-36-60-102,91-103-61-37-15-38-62-103)92-104-63-39-16-40-64-104/h5-80,119-120H,81-92H2,1-4H3. The predicted molar refractivity (Wildman–Crippen MR) is 548 cm³/mol. The first-order valence-electron chi connectivity index (χ1n) is 46.0. The van der Waals surface area contributed by atoms with E-state index in [9.17, 15) is 0 Å². The Morgan fingerprint density at radius 1 is 0.144 bits per heavy atom. The molecular formula is C120H114O8Si4. The van der Waals surface area contributed by atoms with Gasteiger partial charge in [-0.25, -0.2) is 0 Å². The second-order valence-electron chi connectivity index (χ2n) is 35.3. The van der Waals surface area contributed by atoms with Crippen LogP contribution in [0.4, 0.5) is 0 Å². The normalized spacial score (nSPS) is 11.7. The van der Waals surface area contributed by atoms with E-state index in [1.54, 1.807) is 28.4 Å². The number of hydrogen-bond acceptors (Lipinski definition) is 8. The molecule has 0 N–H and O–H groups in total. The van der Waals surface area contributed by atoms with E-state index in [2.05, 4.69) is 461 Å². The van der Waals surface area contributed by atoms with Crippen LogP contribution in [0.3, 0.4) is 0 Å². The van der Waals surface area contributed by atoms with Gasteiger partial charge in [0.2, 0.25) is 0 Å². The van der Waals surface area contributed by atoms with Crippen molar-refractivity contribution in [2.45, 2.75) is 84.4 Å². The SMILES string of the molecule is COc1cc(C(c2ccc(C(c3ccc(O[Si](Cc4ccccc4)(Cc4ccccc4)Cc4ccccc4)c(OC)c3)c3ccc(O[Si](Cc4ccccc4)(Cc4ccccc4)Cc4ccccc4)c(OC)c3)cc2)c2ccc(O[Si](Cc3ccccc3)(Cc3ccccc3)Cc3ccccc3)c(OC)c2)ccc1O[Si](Cc1ccccc1)(Cc1ccccc1)Cc1ccccc1. The molecule has 0 aliphatic carbocycles. The Bertz CT molecular complexity index is 5270. The van der Waals surface area contributed by atoms with Gasteiger partial charge in [0.1, 0.15) is 23.0 Å². The molecule has 8 nitrogen and oxygen atoms in total. The Hall–Kier alpha value is -14.0. The minimum Gasteiger partial charge on any atom is -0.540 e. The van der Waals surface area contributed by atoms with Crippen LogP contribution in [0.2, 0.25) is 0 Å². The predicted octanol–water partition coefficient (Wildman–Crippen LogP) is 26.8. The first-order valence-corrected chi connectivity index (χ1v) is 56.1. The van der Waals surface area contributed by atoms with E-state index in [0.717, 1.165) is 106 Å². The van der Waals surface area contributed by atoms with Crippen molar-refractivity contribution >= 4 is 33.3 Å². The highest BCUT2D eigenvalue weighted by Gasteiger charge is 2.44. The molecule has 0 aromatic heterocycles. The van der Waals surface area contributed by atoms with Crippen LogP contribution in [0, 0.1) is 0 Å². The van der Waals surface area contributed by atoms with E-state index in [-0.39, 0.29) is 0 Å². The molecule has 17 aromatic rings. The third-order valence-corrected chi connectivity index (χ3v) is 40.7. The number of rotatable bonds is 42. The molecular weight excluding hydrogens is 1680 g/mol. The molecule has 658 valence electrons.